The van der Waals surface area contributed by atoms with Gasteiger partial charge in [-0.25, -0.2) is 0 Å². The number of ether oxygens (including phenoxy) is 1. The average Bonchev–Trinajstić information content (AvgIpc) is 3.05. The highest BCUT2D eigenvalue weighted by molar-refractivity contribution is 5.80. The van der Waals surface area contributed by atoms with E-state index in [0.717, 1.165) is 24.9 Å². The summed E-state index contributed by atoms with van der Waals surface area (Å²) >= 11 is 0. The largest absolute Gasteiger partial charge is 0.381 e. The van der Waals surface area contributed by atoms with Crippen LogP contribution in [-0.4, -0.2) is 35.8 Å². The van der Waals surface area contributed by atoms with Crippen molar-refractivity contribution in [3.8, 4) is 0 Å². The molecule has 2 aliphatic rings. The Morgan fingerprint density at radius 1 is 1.14 bits per heavy atom. The van der Waals surface area contributed by atoms with Gasteiger partial charge in [0.05, 0.1) is 6.10 Å². The van der Waals surface area contributed by atoms with Gasteiger partial charge < -0.3 is 9.30 Å². The molecule has 1 saturated carbocycles. The molecule has 3 nitrogen and oxygen atoms in total. The molecule has 118 valence electrons. The number of fused-ring (bicyclic) bond motifs is 3. The van der Waals surface area contributed by atoms with E-state index >= 15 is 0 Å². The topological polar surface area (TPSA) is 17.4 Å². The molecule has 1 aromatic carbocycles. The molecule has 1 aromatic heterocycles. The number of rotatable bonds is 4. The van der Waals surface area contributed by atoms with E-state index in [9.17, 15) is 0 Å². The Morgan fingerprint density at radius 3 is 2.59 bits per heavy atom. The van der Waals surface area contributed by atoms with Crippen LogP contribution in [0.4, 0.5) is 0 Å². The van der Waals surface area contributed by atoms with Gasteiger partial charge in [-0.3, -0.25) is 4.90 Å². The van der Waals surface area contributed by atoms with Gasteiger partial charge in [0.15, 0.2) is 0 Å². The summed E-state index contributed by atoms with van der Waals surface area (Å²) in [6.45, 7) is 6.72. The second kappa shape index (κ2) is 5.71. The van der Waals surface area contributed by atoms with Crippen molar-refractivity contribution in [3.63, 3.8) is 0 Å². The van der Waals surface area contributed by atoms with Crippen molar-refractivity contribution < 1.29 is 4.74 Å². The highest BCUT2D eigenvalue weighted by Gasteiger charge is 2.41. The first-order valence-corrected chi connectivity index (χ1v) is 8.61. The van der Waals surface area contributed by atoms with Crippen molar-refractivity contribution in [1.82, 2.24) is 9.47 Å². The Kier molecular flexibility index (Phi) is 3.71. The van der Waals surface area contributed by atoms with Crippen molar-refractivity contribution in [3.05, 3.63) is 36.0 Å². The summed E-state index contributed by atoms with van der Waals surface area (Å²) in [6, 6.07) is 9.16. The molecule has 0 N–H and O–H groups in total. The van der Waals surface area contributed by atoms with Crippen LogP contribution in [0, 0.1) is 11.8 Å². The number of likely N-dealkylation sites (tertiary alicyclic amines) is 1. The van der Waals surface area contributed by atoms with Crippen LogP contribution in [0.1, 0.15) is 25.3 Å². The van der Waals surface area contributed by atoms with Gasteiger partial charge in [-0.1, -0.05) is 12.1 Å². The lowest BCUT2D eigenvalue weighted by atomic mass is 9.94. The normalized spacial score (nSPS) is 28.5. The van der Waals surface area contributed by atoms with E-state index in [4.69, 9.17) is 4.74 Å². The lowest BCUT2D eigenvalue weighted by Gasteiger charge is -2.37. The van der Waals surface area contributed by atoms with Crippen LogP contribution in [0.15, 0.2) is 30.5 Å². The van der Waals surface area contributed by atoms with Crippen molar-refractivity contribution in [2.24, 2.45) is 11.8 Å². The monoisotopic (exact) mass is 298 g/mol. The summed E-state index contributed by atoms with van der Waals surface area (Å²) in [7, 11) is 1.89. The summed E-state index contributed by atoms with van der Waals surface area (Å²) < 4.78 is 8.06. The van der Waals surface area contributed by atoms with E-state index in [-0.39, 0.29) is 0 Å². The number of piperidine rings is 1. The first-order valence-electron chi connectivity index (χ1n) is 8.61. The minimum absolute atomic E-state index is 0.510. The van der Waals surface area contributed by atoms with Gasteiger partial charge >= 0.3 is 0 Å². The summed E-state index contributed by atoms with van der Waals surface area (Å²) in [5.41, 5.74) is 2.81. The van der Waals surface area contributed by atoms with Crippen molar-refractivity contribution >= 4 is 10.9 Å². The quantitative estimate of drug-likeness (QED) is 0.859. The van der Waals surface area contributed by atoms with Crippen LogP contribution in [0.2, 0.25) is 0 Å². The fourth-order valence-corrected chi connectivity index (χ4v) is 4.65. The maximum absolute atomic E-state index is 5.72. The zero-order chi connectivity index (χ0) is 15.1. The molecule has 1 unspecified atom stereocenters. The highest BCUT2D eigenvalue weighted by Crippen LogP contribution is 2.39. The lowest BCUT2D eigenvalue weighted by molar-refractivity contribution is -0.0179. The van der Waals surface area contributed by atoms with Crippen molar-refractivity contribution in [2.45, 2.75) is 39.0 Å². The Labute approximate surface area is 132 Å². The second-order valence-electron chi connectivity index (χ2n) is 6.99. The van der Waals surface area contributed by atoms with Crippen LogP contribution in [-0.2, 0) is 17.8 Å². The molecule has 2 fully saturated rings. The van der Waals surface area contributed by atoms with E-state index in [1.54, 1.807) is 0 Å². The number of hydrogen-bond donors (Lipinski definition) is 0. The summed E-state index contributed by atoms with van der Waals surface area (Å²) in [6.07, 6.45) is 5.39. The first-order chi connectivity index (χ1) is 10.8. The van der Waals surface area contributed by atoms with Crippen molar-refractivity contribution in [1.29, 1.82) is 0 Å². The molecule has 2 bridgehead atoms. The molecule has 1 aliphatic heterocycles. The number of aromatic nitrogens is 1. The number of benzene rings is 1. The maximum Gasteiger partial charge on any atom is 0.0652 e. The smallest absolute Gasteiger partial charge is 0.0652 e. The molecule has 3 heteroatoms. The highest BCUT2D eigenvalue weighted by atomic mass is 16.5. The molecule has 1 aliphatic carbocycles. The number of nitrogens with zero attached hydrogens (tertiary/aromatic N) is 2. The van der Waals surface area contributed by atoms with Gasteiger partial charge in [-0.2, -0.15) is 0 Å². The third-order valence-electron chi connectivity index (χ3n) is 5.68. The maximum atomic E-state index is 5.72. The van der Waals surface area contributed by atoms with E-state index in [0.29, 0.717) is 6.10 Å². The standard InChI is InChI=1S/C19H26N2O/c1-3-21-9-8-15-5-4-14(10-18(15)21)11-20-12-16-6-7-17(13-20)19(16)22-2/h4-5,8-10,16-17,19H,3,6-7,11-13H2,1-2H3/t16-,17+,19?. The van der Waals surface area contributed by atoms with Gasteiger partial charge in [0.25, 0.3) is 0 Å². The Bertz CT molecular complexity index is 648. The first kappa shape index (κ1) is 14.3. The molecule has 4 rings (SSSR count). The zero-order valence-electron chi connectivity index (χ0n) is 13.7. The summed E-state index contributed by atoms with van der Waals surface area (Å²) in [5, 5.41) is 1.35. The average molecular weight is 298 g/mol. The number of aryl methyl sites for hydroxylation is 1. The molecular weight excluding hydrogens is 272 g/mol. The molecule has 0 spiro atoms. The third-order valence-corrected chi connectivity index (χ3v) is 5.68. The SMILES string of the molecule is CCn1ccc2ccc(CN3C[C@H]4CC[C@@H](C3)C4OC)cc21. The minimum Gasteiger partial charge on any atom is -0.381 e. The lowest BCUT2D eigenvalue weighted by Crippen LogP contribution is -2.45. The van der Waals surface area contributed by atoms with Crippen LogP contribution in [0.3, 0.4) is 0 Å². The van der Waals surface area contributed by atoms with E-state index in [1.807, 2.05) is 7.11 Å². The molecule has 0 radical (unpaired) electrons. The van der Waals surface area contributed by atoms with Gasteiger partial charge in [0.2, 0.25) is 0 Å². The van der Waals surface area contributed by atoms with Crippen LogP contribution in [0.5, 0.6) is 0 Å². The molecule has 22 heavy (non-hydrogen) atoms. The minimum atomic E-state index is 0.510. The van der Waals surface area contributed by atoms with Gasteiger partial charge in [-0.15, -0.1) is 0 Å². The Hall–Kier alpha value is -1.32. The van der Waals surface area contributed by atoms with Crippen molar-refractivity contribution in [2.75, 3.05) is 20.2 Å². The predicted molar refractivity (Wildman–Crippen MR) is 89.9 cm³/mol. The molecule has 0 amide bonds. The van der Waals surface area contributed by atoms with E-state index < -0.39 is 0 Å². The number of methoxy groups -OCH3 is 1. The van der Waals surface area contributed by atoms with Gasteiger partial charge in [0, 0.05) is 45.0 Å². The summed E-state index contributed by atoms with van der Waals surface area (Å²) in [5.74, 6) is 1.49. The molecule has 1 saturated heterocycles. The van der Waals surface area contributed by atoms with Crippen LogP contribution >= 0.6 is 0 Å². The van der Waals surface area contributed by atoms with Crippen LogP contribution < -0.4 is 0 Å². The van der Waals surface area contributed by atoms with Crippen LogP contribution in [0.25, 0.3) is 10.9 Å². The number of hydrogen-bond acceptors (Lipinski definition) is 2. The second-order valence-corrected chi connectivity index (χ2v) is 6.99. The zero-order valence-corrected chi connectivity index (χ0v) is 13.7. The van der Waals surface area contributed by atoms with Gasteiger partial charge in [0.1, 0.15) is 0 Å². The fourth-order valence-electron chi connectivity index (χ4n) is 4.65. The predicted octanol–water partition coefficient (Wildman–Crippen LogP) is 3.52. The third kappa shape index (κ3) is 2.37. The summed E-state index contributed by atoms with van der Waals surface area (Å²) in [4.78, 5) is 2.64. The molecular formula is C19H26N2O. The molecule has 3 atom stereocenters. The van der Waals surface area contributed by atoms with E-state index in [2.05, 4.69) is 46.9 Å². The Balaban J connectivity index is 1.52. The Morgan fingerprint density at radius 2 is 1.91 bits per heavy atom. The fraction of sp³-hybridized carbons (Fsp3) is 0.579. The van der Waals surface area contributed by atoms with E-state index in [1.165, 1.54) is 42.4 Å². The molecule has 2 heterocycles. The van der Waals surface area contributed by atoms with Gasteiger partial charge in [-0.05, 0) is 54.7 Å². The molecule has 2 aromatic rings.